The van der Waals surface area contributed by atoms with Gasteiger partial charge in [0.15, 0.2) is 12.4 Å². The van der Waals surface area contributed by atoms with Crippen LogP contribution >= 0.6 is 0 Å². The van der Waals surface area contributed by atoms with Gasteiger partial charge in [-0.3, -0.25) is 14.4 Å². The minimum Gasteiger partial charge on any atom is -0.456 e. The number of nitrogens with zero attached hydrogens (tertiary/aromatic N) is 1. The van der Waals surface area contributed by atoms with E-state index >= 15 is 0 Å². The highest BCUT2D eigenvalue weighted by Gasteiger charge is 2.40. The third-order valence-electron chi connectivity index (χ3n) is 4.98. The van der Waals surface area contributed by atoms with Crippen LogP contribution in [0.4, 0.5) is 5.69 Å². The molecule has 1 atom stereocenters. The fourth-order valence-electron chi connectivity index (χ4n) is 3.37. The molecule has 0 spiro atoms. The summed E-state index contributed by atoms with van der Waals surface area (Å²) in [4.78, 5) is 36.1. The van der Waals surface area contributed by atoms with Crippen molar-refractivity contribution in [2.24, 2.45) is 0 Å². The Bertz CT molecular complexity index is 1080. The first kappa shape index (κ1) is 22.6. The summed E-state index contributed by atoms with van der Waals surface area (Å²) in [5.74, 6) is -1.39. The lowest BCUT2D eigenvalue weighted by Crippen LogP contribution is -2.41. The molecule has 9 heteroatoms. The molecule has 0 bridgehead atoms. The molecule has 164 valence electrons. The molecule has 3 rings (SSSR count). The normalized spacial score (nSPS) is 16.6. The summed E-state index contributed by atoms with van der Waals surface area (Å²) in [7, 11) is -3.84. The number of ether oxygens (including phenoxy) is 1. The van der Waals surface area contributed by atoms with Crippen LogP contribution in [0.25, 0.3) is 0 Å². The van der Waals surface area contributed by atoms with E-state index in [4.69, 9.17) is 4.74 Å². The number of carbonyl (C=O) groups is 3. The third-order valence-corrected chi connectivity index (χ3v) is 6.90. The van der Waals surface area contributed by atoms with Gasteiger partial charge < -0.3 is 10.1 Å². The lowest BCUT2D eigenvalue weighted by atomic mass is 10.1. The molecule has 1 unspecified atom stereocenters. The second-order valence-electron chi connectivity index (χ2n) is 7.38. The number of anilines is 1. The molecule has 1 aliphatic rings. The van der Waals surface area contributed by atoms with Gasteiger partial charge in [-0.05, 0) is 56.2 Å². The van der Waals surface area contributed by atoms with Gasteiger partial charge in [0, 0.05) is 24.7 Å². The van der Waals surface area contributed by atoms with Crippen LogP contribution in [-0.2, 0) is 24.3 Å². The van der Waals surface area contributed by atoms with E-state index in [1.807, 2.05) is 6.92 Å². The summed E-state index contributed by atoms with van der Waals surface area (Å²) in [6.45, 7) is 2.96. The Morgan fingerprint density at radius 2 is 1.71 bits per heavy atom. The van der Waals surface area contributed by atoms with Crippen molar-refractivity contribution in [3.63, 3.8) is 0 Å². The first-order valence-electron chi connectivity index (χ1n) is 9.84. The maximum absolute atomic E-state index is 12.9. The molecule has 1 amide bonds. The van der Waals surface area contributed by atoms with Gasteiger partial charge in [0.2, 0.25) is 15.9 Å². The lowest BCUT2D eigenvalue weighted by Gasteiger charge is -2.22. The largest absolute Gasteiger partial charge is 0.456 e. The van der Waals surface area contributed by atoms with Gasteiger partial charge in [0.25, 0.3) is 0 Å². The monoisotopic (exact) mass is 444 g/mol. The van der Waals surface area contributed by atoms with E-state index in [9.17, 15) is 22.8 Å². The van der Waals surface area contributed by atoms with Gasteiger partial charge in [0.1, 0.15) is 6.04 Å². The van der Waals surface area contributed by atoms with E-state index in [1.165, 1.54) is 31.2 Å². The standard InChI is InChI=1S/C22H24N2O6S/c1-15-5-11-19(12-6-15)31(28,29)24-13-3-4-20(24)22(27)30-14-21(26)17-7-9-18(10-8-17)23-16(2)25/h5-12,20H,3-4,13-14H2,1-2H3,(H,23,25). The number of rotatable bonds is 7. The number of amides is 1. The summed E-state index contributed by atoms with van der Waals surface area (Å²) in [6, 6.07) is 11.7. The van der Waals surface area contributed by atoms with Crippen molar-refractivity contribution in [2.75, 3.05) is 18.5 Å². The van der Waals surface area contributed by atoms with E-state index < -0.39 is 34.4 Å². The van der Waals surface area contributed by atoms with Crippen LogP contribution in [0.2, 0.25) is 0 Å². The first-order valence-corrected chi connectivity index (χ1v) is 11.3. The first-order chi connectivity index (χ1) is 14.7. The molecule has 8 nitrogen and oxygen atoms in total. The summed E-state index contributed by atoms with van der Waals surface area (Å²) in [5.41, 5.74) is 1.79. The van der Waals surface area contributed by atoms with Gasteiger partial charge in [-0.25, -0.2) is 8.42 Å². The fourth-order valence-corrected chi connectivity index (χ4v) is 5.01. The molecule has 0 radical (unpaired) electrons. The van der Waals surface area contributed by atoms with Gasteiger partial charge in [-0.1, -0.05) is 17.7 Å². The fraction of sp³-hybridized carbons (Fsp3) is 0.318. The lowest BCUT2D eigenvalue weighted by molar-refractivity contribution is -0.146. The van der Waals surface area contributed by atoms with E-state index in [-0.39, 0.29) is 17.3 Å². The maximum atomic E-state index is 12.9. The highest BCUT2D eigenvalue weighted by atomic mass is 32.2. The Labute approximate surface area is 181 Å². The van der Waals surface area contributed by atoms with E-state index in [1.54, 1.807) is 24.3 Å². The Balaban J connectivity index is 1.63. The quantitative estimate of drug-likeness (QED) is 0.519. The number of benzene rings is 2. The highest BCUT2D eigenvalue weighted by molar-refractivity contribution is 7.89. The topological polar surface area (TPSA) is 110 Å². The van der Waals surface area contributed by atoms with Crippen molar-refractivity contribution >= 4 is 33.4 Å². The minimum atomic E-state index is -3.84. The number of nitrogens with one attached hydrogen (secondary N) is 1. The van der Waals surface area contributed by atoms with Crippen LogP contribution in [-0.4, -0.2) is 49.6 Å². The zero-order chi connectivity index (χ0) is 22.6. The number of esters is 1. The van der Waals surface area contributed by atoms with Crippen molar-refractivity contribution in [3.8, 4) is 0 Å². The second kappa shape index (κ2) is 9.40. The molecule has 1 heterocycles. The zero-order valence-electron chi connectivity index (χ0n) is 17.3. The zero-order valence-corrected chi connectivity index (χ0v) is 18.1. The number of carbonyl (C=O) groups excluding carboxylic acids is 3. The van der Waals surface area contributed by atoms with Gasteiger partial charge in [-0.2, -0.15) is 4.31 Å². The summed E-state index contributed by atoms with van der Waals surface area (Å²) in [6.07, 6.45) is 0.868. The average Bonchev–Trinajstić information content (AvgIpc) is 3.23. The highest BCUT2D eigenvalue weighted by Crippen LogP contribution is 2.27. The molecule has 1 saturated heterocycles. The molecule has 2 aromatic rings. The minimum absolute atomic E-state index is 0.119. The molecule has 0 saturated carbocycles. The number of ketones is 1. The number of aryl methyl sites for hydroxylation is 1. The molecule has 1 aliphatic heterocycles. The van der Waals surface area contributed by atoms with E-state index in [0.29, 0.717) is 24.1 Å². The maximum Gasteiger partial charge on any atom is 0.324 e. The molecule has 31 heavy (non-hydrogen) atoms. The van der Waals surface area contributed by atoms with Gasteiger partial charge in [0.05, 0.1) is 4.90 Å². The van der Waals surface area contributed by atoms with Crippen LogP contribution in [0.1, 0.15) is 35.7 Å². The predicted octanol–water partition coefficient (Wildman–Crippen LogP) is 2.53. The predicted molar refractivity (Wildman–Crippen MR) is 114 cm³/mol. The van der Waals surface area contributed by atoms with Crippen molar-refractivity contribution in [1.29, 1.82) is 0 Å². The van der Waals surface area contributed by atoms with Crippen LogP contribution < -0.4 is 5.32 Å². The van der Waals surface area contributed by atoms with Crippen LogP contribution in [0.15, 0.2) is 53.4 Å². The van der Waals surface area contributed by atoms with Crippen LogP contribution in [0.5, 0.6) is 0 Å². The van der Waals surface area contributed by atoms with E-state index in [2.05, 4.69) is 5.32 Å². The second-order valence-corrected chi connectivity index (χ2v) is 9.27. The van der Waals surface area contributed by atoms with Gasteiger partial charge >= 0.3 is 5.97 Å². The van der Waals surface area contributed by atoms with E-state index in [0.717, 1.165) is 9.87 Å². The molecule has 0 aromatic heterocycles. The Morgan fingerprint density at radius 3 is 2.32 bits per heavy atom. The van der Waals surface area contributed by atoms with Gasteiger partial charge in [-0.15, -0.1) is 0 Å². The third kappa shape index (κ3) is 5.36. The molecule has 0 aliphatic carbocycles. The smallest absolute Gasteiger partial charge is 0.324 e. The summed E-state index contributed by atoms with van der Waals surface area (Å²) in [5, 5.41) is 2.60. The van der Waals surface area contributed by atoms with Crippen LogP contribution in [0, 0.1) is 6.92 Å². The number of hydrogen-bond donors (Lipinski definition) is 1. The van der Waals surface area contributed by atoms with Crippen molar-refractivity contribution in [1.82, 2.24) is 4.31 Å². The van der Waals surface area contributed by atoms with Crippen molar-refractivity contribution in [2.45, 2.75) is 37.6 Å². The molecule has 2 aromatic carbocycles. The van der Waals surface area contributed by atoms with Crippen LogP contribution in [0.3, 0.4) is 0 Å². The Kier molecular flexibility index (Phi) is 6.87. The van der Waals surface area contributed by atoms with Crippen molar-refractivity contribution < 1.29 is 27.5 Å². The molecular formula is C22H24N2O6S. The molecular weight excluding hydrogens is 420 g/mol. The Morgan fingerprint density at radius 1 is 1.06 bits per heavy atom. The number of sulfonamides is 1. The molecule has 1 fully saturated rings. The van der Waals surface area contributed by atoms with Crippen molar-refractivity contribution in [3.05, 3.63) is 59.7 Å². The number of hydrogen-bond acceptors (Lipinski definition) is 6. The summed E-state index contributed by atoms with van der Waals surface area (Å²) < 4.78 is 32.2. The summed E-state index contributed by atoms with van der Waals surface area (Å²) >= 11 is 0. The average molecular weight is 445 g/mol. The number of Topliss-reactive ketones (excluding diaryl/α,β-unsaturated/α-hetero) is 1. The Hall–Kier alpha value is -3.04. The molecule has 1 N–H and O–H groups in total. The SMILES string of the molecule is CC(=O)Nc1ccc(C(=O)COC(=O)C2CCCN2S(=O)(=O)c2ccc(C)cc2)cc1.